The number of benzene rings is 1. The first-order valence-electron chi connectivity index (χ1n) is 11.2. The highest BCUT2D eigenvalue weighted by Gasteiger charge is 2.44. The molecule has 158 valence electrons. The van der Waals surface area contributed by atoms with E-state index in [-0.39, 0.29) is 24.2 Å². The van der Waals surface area contributed by atoms with Crippen LogP contribution in [0.2, 0.25) is 0 Å². The van der Waals surface area contributed by atoms with Crippen molar-refractivity contribution in [2.45, 2.75) is 50.4 Å². The molecule has 2 aromatic rings. The third kappa shape index (κ3) is 3.77. The molecule has 0 spiro atoms. The average molecular weight is 407 g/mol. The van der Waals surface area contributed by atoms with Crippen molar-refractivity contribution in [2.24, 2.45) is 11.8 Å². The van der Waals surface area contributed by atoms with Crippen molar-refractivity contribution in [3.05, 3.63) is 54.7 Å². The summed E-state index contributed by atoms with van der Waals surface area (Å²) in [5, 5.41) is 1.07. The molecular weight excluding hydrogens is 376 g/mol. The quantitative estimate of drug-likeness (QED) is 0.529. The first-order chi connectivity index (χ1) is 14.7. The van der Waals surface area contributed by atoms with E-state index >= 15 is 0 Å². The van der Waals surface area contributed by atoms with Gasteiger partial charge in [-0.15, -0.1) is 6.58 Å². The van der Waals surface area contributed by atoms with E-state index in [0.29, 0.717) is 18.3 Å². The van der Waals surface area contributed by atoms with Crippen molar-refractivity contribution in [1.29, 1.82) is 0 Å². The number of ether oxygens (including phenoxy) is 2. The van der Waals surface area contributed by atoms with Crippen LogP contribution in [0.15, 0.2) is 49.2 Å². The van der Waals surface area contributed by atoms with E-state index in [0.717, 1.165) is 55.4 Å². The molecule has 1 aromatic heterocycles. The predicted octanol–water partition coefficient (Wildman–Crippen LogP) is 4.28. The Kier molecular flexibility index (Phi) is 5.57. The molecular formula is C25H30N2O3. The fourth-order valence-electron chi connectivity index (χ4n) is 5.59. The van der Waals surface area contributed by atoms with Gasteiger partial charge in [-0.25, -0.2) is 0 Å². The molecule has 4 aliphatic rings. The minimum atomic E-state index is -0.291. The monoisotopic (exact) mass is 406 g/mol. The molecule has 6 unspecified atom stereocenters. The summed E-state index contributed by atoms with van der Waals surface area (Å²) >= 11 is 0. The zero-order chi connectivity index (χ0) is 20.5. The first kappa shape index (κ1) is 19.7. The molecule has 4 aliphatic heterocycles. The van der Waals surface area contributed by atoms with Gasteiger partial charge in [0.25, 0.3) is 0 Å². The number of carbonyl (C=O) groups is 1. The Balaban J connectivity index is 1.46. The fourth-order valence-corrected chi connectivity index (χ4v) is 5.59. The van der Waals surface area contributed by atoms with Gasteiger partial charge in [0, 0.05) is 30.3 Å². The van der Waals surface area contributed by atoms with Gasteiger partial charge in [-0.2, -0.15) is 0 Å². The van der Waals surface area contributed by atoms with Crippen LogP contribution in [0.5, 0.6) is 0 Å². The maximum absolute atomic E-state index is 12.9. The maximum atomic E-state index is 12.9. The Hall–Kier alpha value is -2.24. The van der Waals surface area contributed by atoms with Gasteiger partial charge in [0.05, 0.1) is 24.1 Å². The molecule has 0 N–H and O–H groups in total. The summed E-state index contributed by atoms with van der Waals surface area (Å²) in [5.74, 6) is 0.994. The number of carbonyl (C=O) groups excluding carboxylic acids is 1. The molecule has 1 aromatic carbocycles. The second kappa shape index (κ2) is 8.48. The molecule has 6 atom stereocenters. The maximum Gasteiger partial charge on any atom is 0.309 e. The van der Waals surface area contributed by atoms with E-state index in [2.05, 4.69) is 28.6 Å². The Bertz CT molecular complexity index is 918. The second-order valence-electron chi connectivity index (χ2n) is 8.91. The Morgan fingerprint density at radius 2 is 2.23 bits per heavy atom. The van der Waals surface area contributed by atoms with Crippen LogP contribution in [0, 0.1) is 11.8 Å². The SMILES string of the molecule is C=CC1CN2CCC1CC2C(OC(=O)CC1CCCO1)c1ccnc2ccccc12. The van der Waals surface area contributed by atoms with Crippen molar-refractivity contribution in [2.75, 3.05) is 19.7 Å². The number of piperidine rings is 3. The first-order valence-corrected chi connectivity index (χ1v) is 11.2. The number of aromatic nitrogens is 1. The van der Waals surface area contributed by atoms with Crippen LogP contribution >= 0.6 is 0 Å². The van der Waals surface area contributed by atoms with Crippen molar-refractivity contribution >= 4 is 16.9 Å². The number of esters is 1. The van der Waals surface area contributed by atoms with Gasteiger partial charge >= 0.3 is 5.97 Å². The standard InChI is InChI=1S/C25H30N2O3/c1-2-17-16-27-12-10-18(17)14-23(27)25(30-24(28)15-19-6-5-13-29-19)21-9-11-26-22-8-4-3-7-20(21)22/h2-4,7-9,11,17-19,23,25H,1,5-6,10,12-16H2. The van der Waals surface area contributed by atoms with Crippen LogP contribution < -0.4 is 0 Å². The molecule has 0 radical (unpaired) electrons. The molecule has 5 heterocycles. The summed E-state index contributed by atoms with van der Waals surface area (Å²) < 4.78 is 11.9. The van der Waals surface area contributed by atoms with Crippen LogP contribution in [-0.4, -0.2) is 47.7 Å². The minimum absolute atomic E-state index is 0.000550. The summed E-state index contributed by atoms with van der Waals surface area (Å²) in [6.45, 7) is 6.85. The lowest BCUT2D eigenvalue weighted by atomic mass is 9.73. The smallest absolute Gasteiger partial charge is 0.309 e. The van der Waals surface area contributed by atoms with Gasteiger partial charge in [-0.3, -0.25) is 14.7 Å². The lowest BCUT2D eigenvalue weighted by molar-refractivity contribution is -0.159. The molecule has 5 heteroatoms. The largest absolute Gasteiger partial charge is 0.456 e. The van der Waals surface area contributed by atoms with E-state index in [4.69, 9.17) is 9.47 Å². The second-order valence-corrected chi connectivity index (χ2v) is 8.91. The van der Waals surface area contributed by atoms with Gasteiger partial charge in [0.1, 0.15) is 6.10 Å². The summed E-state index contributed by atoms with van der Waals surface area (Å²) in [4.78, 5) is 20.0. The average Bonchev–Trinajstić information content (AvgIpc) is 3.30. The molecule has 0 aliphatic carbocycles. The van der Waals surface area contributed by atoms with Crippen LogP contribution in [0.3, 0.4) is 0 Å². The minimum Gasteiger partial charge on any atom is -0.456 e. The molecule has 2 bridgehead atoms. The van der Waals surface area contributed by atoms with E-state index < -0.39 is 0 Å². The fraction of sp³-hybridized carbons (Fsp3) is 0.520. The highest BCUT2D eigenvalue weighted by molar-refractivity contribution is 5.82. The summed E-state index contributed by atoms with van der Waals surface area (Å²) in [6.07, 6.45) is 8.18. The molecule has 6 rings (SSSR count). The van der Waals surface area contributed by atoms with E-state index in [9.17, 15) is 4.79 Å². The summed E-state index contributed by atoms with van der Waals surface area (Å²) in [6, 6.07) is 10.4. The van der Waals surface area contributed by atoms with E-state index in [1.165, 1.54) is 6.42 Å². The molecule has 5 nitrogen and oxygen atoms in total. The van der Waals surface area contributed by atoms with Crippen LogP contribution in [0.25, 0.3) is 10.9 Å². The van der Waals surface area contributed by atoms with Crippen molar-refractivity contribution in [3.8, 4) is 0 Å². The van der Waals surface area contributed by atoms with Gasteiger partial charge in [0.15, 0.2) is 0 Å². The number of hydrogen-bond donors (Lipinski definition) is 0. The van der Waals surface area contributed by atoms with Crippen molar-refractivity contribution < 1.29 is 14.3 Å². The summed E-state index contributed by atoms with van der Waals surface area (Å²) in [7, 11) is 0. The molecule has 4 fully saturated rings. The Morgan fingerprint density at radius 3 is 3.00 bits per heavy atom. The zero-order valence-corrected chi connectivity index (χ0v) is 17.4. The molecule has 30 heavy (non-hydrogen) atoms. The van der Waals surface area contributed by atoms with Crippen LogP contribution in [-0.2, 0) is 14.3 Å². The van der Waals surface area contributed by atoms with Gasteiger partial charge < -0.3 is 9.47 Å². The van der Waals surface area contributed by atoms with Gasteiger partial charge in [-0.1, -0.05) is 24.3 Å². The van der Waals surface area contributed by atoms with Gasteiger partial charge in [0.2, 0.25) is 0 Å². The van der Waals surface area contributed by atoms with Gasteiger partial charge in [-0.05, 0) is 56.2 Å². The van der Waals surface area contributed by atoms with Crippen LogP contribution in [0.4, 0.5) is 0 Å². The predicted molar refractivity (Wildman–Crippen MR) is 116 cm³/mol. The number of rotatable bonds is 6. The van der Waals surface area contributed by atoms with E-state index in [1.807, 2.05) is 30.5 Å². The molecule has 0 amide bonds. The number of hydrogen-bond acceptors (Lipinski definition) is 5. The summed E-state index contributed by atoms with van der Waals surface area (Å²) in [5.41, 5.74) is 2.00. The lowest BCUT2D eigenvalue weighted by Gasteiger charge is -2.51. The number of nitrogens with zero attached hydrogens (tertiary/aromatic N) is 2. The van der Waals surface area contributed by atoms with Crippen molar-refractivity contribution in [1.82, 2.24) is 9.88 Å². The Morgan fingerprint density at radius 1 is 1.33 bits per heavy atom. The third-order valence-electron chi connectivity index (χ3n) is 7.17. The molecule has 0 saturated carbocycles. The normalized spacial score (nSPS) is 31.5. The number of pyridine rings is 1. The molecule has 4 saturated heterocycles. The highest BCUT2D eigenvalue weighted by atomic mass is 16.5. The van der Waals surface area contributed by atoms with Crippen molar-refractivity contribution in [3.63, 3.8) is 0 Å². The lowest BCUT2D eigenvalue weighted by Crippen LogP contribution is -2.55. The van der Waals surface area contributed by atoms with E-state index in [1.54, 1.807) is 0 Å². The topological polar surface area (TPSA) is 51.7 Å². The Labute approximate surface area is 178 Å². The number of para-hydroxylation sites is 1. The zero-order valence-electron chi connectivity index (χ0n) is 17.4. The highest BCUT2D eigenvalue weighted by Crippen LogP contribution is 2.43. The number of fused-ring (bicyclic) bond motifs is 4. The third-order valence-corrected chi connectivity index (χ3v) is 7.17. The van der Waals surface area contributed by atoms with Crippen LogP contribution in [0.1, 0.15) is 43.8 Å².